The second-order valence-electron chi connectivity index (χ2n) is 3.62. The van der Waals surface area contributed by atoms with Gasteiger partial charge >= 0.3 is 5.97 Å². The van der Waals surface area contributed by atoms with Gasteiger partial charge in [0.1, 0.15) is 5.54 Å². The molecule has 0 heterocycles. The van der Waals surface area contributed by atoms with Crippen LogP contribution in [-0.4, -0.2) is 16.6 Å². The Kier molecular flexibility index (Phi) is 3.73. The molecule has 0 aromatic rings. The third kappa shape index (κ3) is 2.67. The average molecular weight is 295 g/mol. The van der Waals surface area contributed by atoms with Gasteiger partial charge in [-0.15, -0.1) is 0 Å². The largest absolute Gasteiger partial charge is 0.480 e. The number of carbonyl (C=O) groups is 1. The molecule has 1 rings (SSSR count). The molecule has 0 spiro atoms. The molecule has 0 aromatic carbocycles. The molecule has 0 aliphatic heterocycles. The molecule has 0 radical (unpaired) electrons. The number of allylic oxidation sites excluding steroid dienone is 1. The molecule has 0 amide bonds. The minimum absolute atomic E-state index is 0.521. The molecule has 0 saturated heterocycles. The van der Waals surface area contributed by atoms with Gasteiger partial charge in [0.2, 0.25) is 0 Å². The second kappa shape index (κ2) is 4.41. The maximum atomic E-state index is 10.8. The van der Waals surface area contributed by atoms with E-state index in [2.05, 4.69) is 28.7 Å². The van der Waals surface area contributed by atoms with Crippen LogP contribution in [0.3, 0.4) is 0 Å². The van der Waals surface area contributed by atoms with Gasteiger partial charge in [-0.05, 0) is 35.7 Å². The molecule has 0 atom stereocenters. The van der Waals surface area contributed by atoms with Crippen LogP contribution in [0.5, 0.6) is 0 Å². The third-order valence-electron chi connectivity index (χ3n) is 2.69. The van der Waals surface area contributed by atoms with Crippen molar-refractivity contribution in [1.29, 1.82) is 0 Å². The topological polar surface area (TPSA) is 63.3 Å². The number of hydrogen-bond donors (Lipinski definition) is 2. The van der Waals surface area contributed by atoms with Gasteiger partial charge in [-0.2, -0.15) is 0 Å². The summed E-state index contributed by atoms with van der Waals surface area (Å²) in [6.07, 6.45) is 5.09. The fourth-order valence-electron chi connectivity index (χ4n) is 1.66. The average Bonchev–Trinajstić information content (AvgIpc) is 2.09. The Morgan fingerprint density at radius 2 is 2.08 bits per heavy atom. The maximum Gasteiger partial charge on any atom is 0.323 e. The zero-order valence-electron chi connectivity index (χ0n) is 7.37. The Bertz CT molecular complexity index is 220. The lowest BCUT2D eigenvalue weighted by atomic mass is 9.77. The van der Waals surface area contributed by atoms with E-state index >= 15 is 0 Å². The normalized spacial score (nSPS) is 35.1. The van der Waals surface area contributed by atoms with Crippen LogP contribution in [0.4, 0.5) is 0 Å². The molecule has 74 valence electrons. The molecule has 0 bridgehead atoms. The molecule has 1 fully saturated rings. The van der Waals surface area contributed by atoms with Gasteiger partial charge in [0.05, 0.1) is 0 Å². The van der Waals surface area contributed by atoms with E-state index in [0.29, 0.717) is 18.8 Å². The number of nitrogens with two attached hydrogens (primary N) is 1. The maximum absolute atomic E-state index is 10.8. The van der Waals surface area contributed by atoms with Crippen molar-refractivity contribution in [2.75, 3.05) is 0 Å². The zero-order chi connectivity index (χ0) is 9.90. The molecule has 1 saturated carbocycles. The predicted octanol–water partition coefficient (Wildman–Crippen LogP) is 1.91. The third-order valence-corrected chi connectivity index (χ3v) is 3.11. The minimum Gasteiger partial charge on any atom is -0.480 e. The van der Waals surface area contributed by atoms with E-state index in [9.17, 15) is 4.79 Å². The van der Waals surface area contributed by atoms with Crippen molar-refractivity contribution in [3.05, 3.63) is 10.2 Å². The van der Waals surface area contributed by atoms with Crippen molar-refractivity contribution in [1.82, 2.24) is 0 Å². The summed E-state index contributed by atoms with van der Waals surface area (Å²) in [4.78, 5) is 10.8. The van der Waals surface area contributed by atoms with Crippen molar-refractivity contribution in [3.63, 3.8) is 0 Å². The molecular weight excluding hydrogens is 281 g/mol. The molecule has 4 heteroatoms. The van der Waals surface area contributed by atoms with E-state index in [1.54, 1.807) is 0 Å². The fraction of sp³-hybridized carbons (Fsp3) is 0.667. The summed E-state index contributed by atoms with van der Waals surface area (Å²) in [5.74, 6) is -0.336. The molecule has 1 aliphatic rings. The summed E-state index contributed by atoms with van der Waals surface area (Å²) in [6.45, 7) is 0. The number of carboxylic acid groups (broad SMARTS) is 1. The summed E-state index contributed by atoms with van der Waals surface area (Å²) in [5, 5.41) is 8.87. The van der Waals surface area contributed by atoms with Crippen LogP contribution in [0.1, 0.15) is 25.7 Å². The fourth-order valence-corrected chi connectivity index (χ4v) is 2.25. The van der Waals surface area contributed by atoms with E-state index in [-0.39, 0.29) is 0 Å². The Morgan fingerprint density at radius 1 is 1.54 bits per heavy atom. The van der Waals surface area contributed by atoms with Gasteiger partial charge in [0, 0.05) is 0 Å². The van der Waals surface area contributed by atoms with Crippen LogP contribution in [0.25, 0.3) is 0 Å². The molecule has 3 nitrogen and oxygen atoms in total. The molecule has 3 N–H and O–H groups in total. The lowest BCUT2D eigenvalue weighted by Gasteiger charge is -2.32. The van der Waals surface area contributed by atoms with Crippen molar-refractivity contribution in [2.45, 2.75) is 31.2 Å². The second-order valence-corrected chi connectivity index (χ2v) is 4.34. The van der Waals surface area contributed by atoms with Gasteiger partial charge in [0.25, 0.3) is 0 Å². The first-order valence-electron chi connectivity index (χ1n) is 4.37. The highest BCUT2D eigenvalue weighted by Gasteiger charge is 2.37. The van der Waals surface area contributed by atoms with Gasteiger partial charge in [-0.1, -0.05) is 28.7 Å². The van der Waals surface area contributed by atoms with Crippen LogP contribution < -0.4 is 5.73 Å². The highest BCUT2D eigenvalue weighted by atomic mass is 127. The van der Waals surface area contributed by atoms with Crippen LogP contribution >= 0.6 is 22.6 Å². The summed E-state index contributed by atoms with van der Waals surface area (Å²) in [7, 11) is 0. The lowest BCUT2D eigenvalue weighted by molar-refractivity contribution is -0.144. The van der Waals surface area contributed by atoms with E-state index in [4.69, 9.17) is 10.8 Å². The van der Waals surface area contributed by atoms with Crippen LogP contribution in [0.15, 0.2) is 10.2 Å². The first-order chi connectivity index (χ1) is 6.08. The number of rotatable bonds is 2. The standard InChI is InChI=1S/C9H14INO2/c10-6-3-7-1-4-9(11,5-2-7)8(12)13/h3,6-7H,1-2,4-5,11H2,(H,12,13). The predicted molar refractivity (Wildman–Crippen MR) is 59.7 cm³/mol. The van der Waals surface area contributed by atoms with Crippen molar-refractivity contribution in [3.8, 4) is 0 Å². The van der Waals surface area contributed by atoms with Crippen LogP contribution in [0.2, 0.25) is 0 Å². The highest BCUT2D eigenvalue weighted by molar-refractivity contribution is 14.1. The molecule has 0 unspecified atom stereocenters. The summed E-state index contributed by atoms with van der Waals surface area (Å²) in [6, 6.07) is 0. The lowest BCUT2D eigenvalue weighted by Crippen LogP contribution is -2.50. The van der Waals surface area contributed by atoms with Gasteiger partial charge in [0.15, 0.2) is 0 Å². The molecule has 0 aromatic heterocycles. The quantitative estimate of drug-likeness (QED) is 0.765. The van der Waals surface area contributed by atoms with Gasteiger partial charge in [-0.3, -0.25) is 4.79 Å². The molecular formula is C9H14INO2. The summed E-state index contributed by atoms with van der Waals surface area (Å²) < 4.78 is 1.99. The Morgan fingerprint density at radius 3 is 2.46 bits per heavy atom. The first-order valence-corrected chi connectivity index (χ1v) is 5.62. The van der Waals surface area contributed by atoms with Crippen molar-refractivity contribution < 1.29 is 9.90 Å². The zero-order valence-corrected chi connectivity index (χ0v) is 9.53. The number of aliphatic carboxylic acids is 1. The SMILES string of the molecule is NC1(C(=O)O)CCC(C=CI)CC1. The van der Waals surface area contributed by atoms with E-state index < -0.39 is 11.5 Å². The minimum atomic E-state index is -0.963. The Labute approximate surface area is 91.5 Å². The summed E-state index contributed by atoms with van der Waals surface area (Å²) >= 11 is 2.18. The number of halogens is 1. The van der Waals surface area contributed by atoms with Crippen LogP contribution in [0, 0.1) is 5.92 Å². The van der Waals surface area contributed by atoms with Crippen molar-refractivity contribution >= 4 is 28.6 Å². The Balaban J connectivity index is 2.51. The van der Waals surface area contributed by atoms with E-state index in [1.807, 2.05) is 4.08 Å². The first kappa shape index (κ1) is 11.0. The van der Waals surface area contributed by atoms with Crippen LogP contribution in [-0.2, 0) is 4.79 Å². The monoisotopic (exact) mass is 295 g/mol. The smallest absolute Gasteiger partial charge is 0.323 e. The van der Waals surface area contributed by atoms with E-state index in [1.165, 1.54) is 0 Å². The van der Waals surface area contributed by atoms with Gasteiger partial charge in [-0.25, -0.2) is 0 Å². The molecule has 1 aliphatic carbocycles. The number of carboxylic acids is 1. The van der Waals surface area contributed by atoms with E-state index in [0.717, 1.165) is 12.8 Å². The summed E-state index contributed by atoms with van der Waals surface area (Å²) in [5.41, 5.74) is 4.77. The van der Waals surface area contributed by atoms with Crippen molar-refractivity contribution in [2.24, 2.45) is 11.7 Å². The molecule has 13 heavy (non-hydrogen) atoms. The highest BCUT2D eigenvalue weighted by Crippen LogP contribution is 2.31. The van der Waals surface area contributed by atoms with Gasteiger partial charge < -0.3 is 10.8 Å². The Hall–Kier alpha value is -0.100. The number of hydrogen-bond acceptors (Lipinski definition) is 2.